The Morgan fingerprint density at radius 1 is 1.41 bits per heavy atom. The molecule has 2 heterocycles. The van der Waals surface area contributed by atoms with Gasteiger partial charge in [-0.3, -0.25) is 15.5 Å². The van der Waals surface area contributed by atoms with Crippen molar-refractivity contribution in [2.45, 2.75) is 19.0 Å². The van der Waals surface area contributed by atoms with E-state index >= 15 is 0 Å². The van der Waals surface area contributed by atoms with Crippen LogP contribution >= 0.6 is 0 Å². The molecular weight excluding hydrogens is 216 g/mol. The predicted octanol–water partition coefficient (Wildman–Crippen LogP) is 0.172. The first-order chi connectivity index (χ1) is 8.29. The van der Waals surface area contributed by atoms with Crippen LogP contribution in [0.3, 0.4) is 0 Å². The van der Waals surface area contributed by atoms with Gasteiger partial charge in [0.05, 0.1) is 6.04 Å². The van der Waals surface area contributed by atoms with Crippen LogP contribution < -0.4 is 16.6 Å². The molecule has 1 aliphatic rings. The molecule has 0 fully saturated rings. The van der Waals surface area contributed by atoms with Crippen LogP contribution in [-0.2, 0) is 17.8 Å². The highest BCUT2D eigenvalue weighted by Crippen LogP contribution is 2.26. The normalized spacial score (nSPS) is 19.0. The first kappa shape index (κ1) is 10.3. The minimum Gasteiger partial charge on any atom is -0.357 e. The average Bonchev–Trinajstić information content (AvgIpc) is 2.75. The number of carbonyl (C=O) groups excluding carboxylic acids is 1. The summed E-state index contributed by atoms with van der Waals surface area (Å²) in [5, 5.41) is 4.36. The first-order valence-electron chi connectivity index (χ1n) is 5.62. The summed E-state index contributed by atoms with van der Waals surface area (Å²) >= 11 is 0. The van der Waals surface area contributed by atoms with Gasteiger partial charge in [0.15, 0.2) is 0 Å². The highest BCUT2D eigenvalue weighted by Gasteiger charge is 2.26. The van der Waals surface area contributed by atoms with Crippen molar-refractivity contribution in [3.63, 3.8) is 0 Å². The van der Waals surface area contributed by atoms with Gasteiger partial charge < -0.3 is 4.98 Å². The summed E-state index contributed by atoms with van der Waals surface area (Å²) in [4.78, 5) is 14.9. The third-order valence-electron chi connectivity index (χ3n) is 3.29. The van der Waals surface area contributed by atoms with Gasteiger partial charge in [0.25, 0.3) is 5.91 Å². The topological polar surface area (TPSA) is 82.9 Å². The zero-order valence-corrected chi connectivity index (χ0v) is 9.29. The number of rotatable bonds is 1. The van der Waals surface area contributed by atoms with Gasteiger partial charge in [0.2, 0.25) is 0 Å². The molecule has 0 saturated heterocycles. The van der Waals surface area contributed by atoms with Crippen molar-refractivity contribution in [3.05, 3.63) is 35.5 Å². The third kappa shape index (κ3) is 1.60. The van der Waals surface area contributed by atoms with E-state index in [1.807, 2.05) is 18.2 Å². The van der Waals surface area contributed by atoms with E-state index in [-0.39, 0.29) is 11.9 Å². The molecule has 0 bridgehead atoms. The van der Waals surface area contributed by atoms with Gasteiger partial charge in [-0.05, 0) is 18.1 Å². The van der Waals surface area contributed by atoms with E-state index in [1.165, 1.54) is 10.9 Å². The monoisotopic (exact) mass is 230 g/mol. The smallest absolute Gasteiger partial charge is 0.251 e. The zero-order valence-electron chi connectivity index (χ0n) is 9.29. The number of carbonyl (C=O) groups is 1. The number of benzene rings is 1. The van der Waals surface area contributed by atoms with E-state index in [0.717, 1.165) is 11.2 Å². The first-order valence-corrected chi connectivity index (χ1v) is 5.62. The molecule has 3 rings (SSSR count). The van der Waals surface area contributed by atoms with Crippen molar-refractivity contribution in [2.75, 3.05) is 0 Å². The number of nitrogens with two attached hydrogens (primary N) is 1. The number of hydrogen-bond donors (Lipinski definition) is 4. The summed E-state index contributed by atoms with van der Waals surface area (Å²) in [5.74, 6) is 5.00. The minimum absolute atomic E-state index is 0.166. The summed E-state index contributed by atoms with van der Waals surface area (Å²) in [6.07, 6.45) is 0.669. The van der Waals surface area contributed by atoms with Crippen molar-refractivity contribution >= 4 is 16.8 Å². The molecule has 1 aliphatic heterocycles. The van der Waals surface area contributed by atoms with Crippen LogP contribution in [-0.4, -0.2) is 16.9 Å². The lowest BCUT2D eigenvalue weighted by Crippen LogP contribution is -2.49. The molecule has 0 saturated carbocycles. The fourth-order valence-corrected chi connectivity index (χ4v) is 2.43. The quantitative estimate of drug-likeness (QED) is 0.320. The summed E-state index contributed by atoms with van der Waals surface area (Å²) in [7, 11) is 0. The number of amides is 1. The number of hydrazine groups is 1. The van der Waals surface area contributed by atoms with Crippen LogP contribution in [0.4, 0.5) is 0 Å². The summed E-state index contributed by atoms with van der Waals surface area (Å²) < 4.78 is 0. The van der Waals surface area contributed by atoms with Gasteiger partial charge in [-0.1, -0.05) is 18.2 Å². The molecular formula is C12H14N4O. The Morgan fingerprint density at radius 2 is 2.24 bits per heavy atom. The van der Waals surface area contributed by atoms with Crippen molar-refractivity contribution < 1.29 is 4.79 Å². The van der Waals surface area contributed by atoms with Crippen LogP contribution in [0.1, 0.15) is 11.3 Å². The Bertz CT molecular complexity index is 575. The lowest BCUT2D eigenvalue weighted by molar-refractivity contribution is -0.123. The highest BCUT2D eigenvalue weighted by molar-refractivity contribution is 5.87. The van der Waals surface area contributed by atoms with Crippen LogP contribution in [0, 0.1) is 0 Å². The fraction of sp³-hybridized carbons (Fsp3) is 0.250. The van der Waals surface area contributed by atoms with Gasteiger partial charge in [0, 0.05) is 23.1 Å². The zero-order chi connectivity index (χ0) is 11.8. The SMILES string of the molecule is NNC(=O)[C@H]1Cc2c([nH]c3ccccc23)CN1. The molecule has 5 nitrogen and oxygen atoms in total. The average molecular weight is 230 g/mol. The molecule has 0 spiro atoms. The Morgan fingerprint density at radius 3 is 3.06 bits per heavy atom. The highest BCUT2D eigenvalue weighted by atomic mass is 16.2. The van der Waals surface area contributed by atoms with Gasteiger partial charge >= 0.3 is 0 Å². The van der Waals surface area contributed by atoms with Crippen LogP contribution in [0.5, 0.6) is 0 Å². The maximum atomic E-state index is 11.5. The van der Waals surface area contributed by atoms with E-state index < -0.39 is 0 Å². The Balaban J connectivity index is 2.03. The number of aromatic nitrogens is 1. The molecule has 1 atom stereocenters. The van der Waals surface area contributed by atoms with Crippen molar-refractivity contribution in [2.24, 2.45) is 5.84 Å². The van der Waals surface area contributed by atoms with Crippen molar-refractivity contribution in [3.8, 4) is 0 Å². The Labute approximate surface area is 98.3 Å². The minimum atomic E-state index is -0.244. The number of nitrogens with one attached hydrogen (secondary N) is 3. The molecule has 0 aliphatic carbocycles. The largest absolute Gasteiger partial charge is 0.357 e. The lowest BCUT2D eigenvalue weighted by atomic mass is 9.98. The Hall–Kier alpha value is -1.85. The molecule has 1 aromatic carbocycles. The molecule has 1 aromatic heterocycles. The van der Waals surface area contributed by atoms with Gasteiger partial charge in [0.1, 0.15) is 0 Å². The molecule has 0 unspecified atom stereocenters. The predicted molar refractivity (Wildman–Crippen MR) is 65.0 cm³/mol. The lowest BCUT2D eigenvalue weighted by Gasteiger charge is -2.22. The van der Waals surface area contributed by atoms with Crippen LogP contribution in [0.25, 0.3) is 10.9 Å². The molecule has 5 N–H and O–H groups in total. The van der Waals surface area contributed by atoms with E-state index in [9.17, 15) is 4.79 Å². The molecule has 0 radical (unpaired) electrons. The number of hydrogen-bond acceptors (Lipinski definition) is 3. The van der Waals surface area contributed by atoms with Crippen LogP contribution in [0.2, 0.25) is 0 Å². The second-order valence-electron chi connectivity index (χ2n) is 4.27. The van der Waals surface area contributed by atoms with E-state index in [1.54, 1.807) is 0 Å². The number of fused-ring (bicyclic) bond motifs is 3. The van der Waals surface area contributed by atoms with E-state index in [0.29, 0.717) is 13.0 Å². The Kier molecular flexibility index (Phi) is 2.35. The second kappa shape index (κ2) is 3.87. The van der Waals surface area contributed by atoms with Crippen molar-refractivity contribution in [1.29, 1.82) is 0 Å². The maximum absolute atomic E-state index is 11.5. The summed E-state index contributed by atoms with van der Waals surface area (Å²) in [6, 6.07) is 7.89. The molecule has 2 aromatic rings. The van der Waals surface area contributed by atoms with E-state index in [4.69, 9.17) is 5.84 Å². The van der Waals surface area contributed by atoms with Crippen molar-refractivity contribution in [1.82, 2.24) is 15.7 Å². The number of H-pyrrole nitrogens is 1. The van der Waals surface area contributed by atoms with Gasteiger partial charge in [-0.25, -0.2) is 5.84 Å². The fourth-order valence-electron chi connectivity index (χ4n) is 2.43. The molecule has 17 heavy (non-hydrogen) atoms. The molecule has 5 heteroatoms. The third-order valence-corrected chi connectivity index (χ3v) is 3.29. The maximum Gasteiger partial charge on any atom is 0.251 e. The number of para-hydroxylation sites is 1. The number of aromatic amines is 1. The van der Waals surface area contributed by atoms with E-state index in [2.05, 4.69) is 21.8 Å². The van der Waals surface area contributed by atoms with Gasteiger partial charge in [-0.2, -0.15) is 0 Å². The molecule has 88 valence electrons. The second-order valence-corrected chi connectivity index (χ2v) is 4.27. The summed E-state index contributed by atoms with van der Waals surface area (Å²) in [6.45, 7) is 0.669. The molecule has 1 amide bonds. The summed E-state index contributed by atoms with van der Waals surface area (Å²) in [5.41, 5.74) is 5.69. The standard InChI is InChI=1S/C12H14N4O/c13-16-12(17)10-5-8-7-3-1-2-4-9(7)15-11(8)6-14-10/h1-4,10,14-15H,5-6,13H2,(H,16,17)/t10-/m1/s1. The van der Waals surface area contributed by atoms with Gasteiger partial charge in [-0.15, -0.1) is 0 Å². The van der Waals surface area contributed by atoms with Crippen LogP contribution in [0.15, 0.2) is 24.3 Å².